The first kappa shape index (κ1) is 27.6. The van der Waals surface area contributed by atoms with Gasteiger partial charge in [0.15, 0.2) is 41.3 Å². The highest BCUT2D eigenvalue weighted by atomic mass is 16.5. The summed E-state index contributed by atoms with van der Waals surface area (Å²) in [6.07, 6.45) is -6.51. The van der Waals surface area contributed by atoms with Gasteiger partial charge in [0.05, 0.1) is 5.92 Å². The summed E-state index contributed by atoms with van der Waals surface area (Å²) < 4.78 is 11.9. The molecule has 10 N–H and O–H groups in total. The Morgan fingerprint density at radius 1 is 0.558 bits per heavy atom. The molecule has 0 saturated carbocycles. The van der Waals surface area contributed by atoms with Crippen LogP contribution in [0.3, 0.4) is 0 Å². The van der Waals surface area contributed by atoms with E-state index in [4.69, 9.17) is 9.47 Å². The molecule has 13 nitrogen and oxygen atoms in total. The van der Waals surface area contributed by atoms with Crippen LogP contribution in [-0.2, 0) is 0 Å². The first-order chi connectivity index (χ1) is 20.4. The molecular formula is C30H24O13. The van der Waals surface area contributed by atoms with Crippen molar-refractivity contribution in [1.29, 1.82) is 0 Å². The van der Waals surface area contributed by atoms with Crippen LogP contribution in [0.2, 0.25) is 0 Å². The number of hydrogen-bond acceptors (Lipinski definition) is 13. The Morgan fingerprint density at radius 3 is 1.74 bits per heavy atom. The lowest BCUT2D eigenvalue weighted by molar-refractivity contribution is 0.00285. The van der Waals surface area contributed by atoms with Gasteiger partial charge >= 0.3 is 0 Å². The third-order valence-electron chi connectivity index (χ3n) is 7.61. The molecule has 0 aromatic heterocycles. The number of hydrogen-bond donors (Lipinski definition) is 10. The number of rotatable bonds is 3. The smallest absolute Gasteiger partial charge is 0.202 e. The summed E-state index contributed by atoms with van der Waals surface area (Å²) >= 11 is 0. The Kier molecular flexibility index (Phi) is 6.29. The lowest BCUT2D eigenvalue weighted by Crippen LogP contribution is -2.39. The Morgan fingerprint density at radius 2 is 1.14 bits per heavy atom. The van der Waals surface area contributed by atoms with E-state index in [-0.39, 0.29) is 28.0 Å². The molecule has 0 spiro atoms. The minimum Gasteiger partial charge on any atom is -0.508 e. The third-order valence-corrected chi connectivity index (χ3v) is 7.61. The summed E-state index contributed by atoms with van der Waals surface area (Å²) in [6.45, 7) is 0. The second-order valence-electron chi connectivity index (χ2n) is 10.3. The molecule has 4 aromatic rings. The topological polar surface area (TPSA) is 238 Å². The number of fused-ring (bicyclic) bond motifs is 2. The zero-order valence-corrected chi connectivity index (χ0v) is 21.8. The fraction of sp³-hybridized carbons (Fsp3) is 0.167. The van der Waals surface area contributed by atoms with Gasteiger partial charge in [0.2, 0.25) is 5.78 Å². The van der Waals surface area contributed by atoms with Crippen molar-refractivity contribution in [2.45, 2.75) is 30.3 Å². The van der Waals surface area contributed by atoms with Crippen LogP contribution in [-0.4, -0.2) is 69.1 Å². The Balaban J connectivity index is 1.58. The molecule has 0 fully saturated rings. The lowest BCUT2D eigenvalue weighted by atomic mass is 9.77. The molecule has 6 rings (SSSR count). The predicted molar refractivity (Wildman–Crippen MR) is 144 cm³/mol. The maximum Gasteiger partial charge on any atom is 0.202 e. The predicted octanol–water partition coefficient (Wildman–Crippen LogP) is 2.64. The highest BCUT2D eigenvalue weighted by Gasteiger charge is 2.48. The fourth-order valence-corrected chi connectivity index (χ4v) is 5.61. The number of aliphatic hydroxyl groups is 2. The molecule has 13 heteroatoms. The molecule has 4 aromatic carbocycles. The van der Waals surface area contributed by atoms with Crippen molar-refractivity contribution in [2.75, 3.05) is 0 Å². The molecule has 2 heterocycles. The molecular weight excluding hydrogens is 568 g/mol. The maximum absolute atomic E-state index is 13.4. The van der Waals surface area contributed by atoms with Gasteiger partial charge in [0.1, 0.15) is 46.2 Å². The van der Waals surface area contributed by atoms with Crippen LogP contribution >= 0.6 is 0 Å². The van der Waals surface area contributed by atoms with Gasteiger partial charge in [0.25, 0.3) is 0 Å². The number of aromatic hydroxyl groups is 8. The van der Waals surface area contributed by atoms with Crippen LogP contribution in [0.5, 0.6) is 57.5 Å². The first-order valence-corrected chi connectivity index (χ1v) is 12.8. The molecule has 0 saturated heterocycles. The zero-order chi connectivity index (χ0) is 30.9. The SMILES string of the molecule is O=C1c2c(O)cc(O)c(C3c4c(O)cc(O)cc4OC(c4ccc(O)c(O)c4)C3O)c2OC(c2ccc(O)c(O)c2)C1O. The van der Waals surface area contributed by atoms with Crippen molar-refractivity contribution in [2.24, 2.45) is 0 Å². The van der Waals surface area contributed by atoms with Crippen LogP contribution in [0.4, 0.5) is 0 Å². The Hall–Kier alpha value is -5.53. The number of ketones is 1. The van der Waals surface area contributed by atoms with Crippen LogP contribution < -0.4 is 9.47 Å². The Labute approximate surface area is 241 Å². The minimum atomic E-state index is -1.91. The van der Waals surface area contributed by atoms with Crippen LogP contribution in [0.25, 0.3) is 0 Å². The van der Waals surface area contributed by atoms with Crippen molar-refractivity contribution in [3.8, 4) is 57.5 Å². The van der Waals surface area contributed by atoms with Gasteiger partial charge in [-0.25, -0.2) is 0 Å². The number of carbonyl (C=O) groups excluding carboxylic acids is 1. The van der Waals surface area contributed by atoms with Gasteiger partial charge in [-0.15, -0.1) is 0 Å². The summed E-state index contributed by atoms with van der Waals surface area (Å²) in [6, 6.07) is 9.89. The molecule has 222 valence electrons. The van der Waals surface area contributed by atoms with E-state index in [0.29, 0.717) is 0 Å². The second kappa shape index (κ2) is 9.79. The largest absolute Gasteiger partial charge is 0.508 e. The first-order valence-electron chi connectivity index (χ1n) is 12.8. The average Bonchev–Trinajstić information content (AvgIpc) is 2.94. The maximum atomic E-state index is 13.4. The normalized spacial score (nSPS) is 22.7. The van der Waals surface area contributed by atoms with E-state index in [1.807, 2.05) is 0 Å². The van der Waals surface area contributed by atoms with Crippen LogP contribution in [0.15, 0.2) is 54.6 Å². The highest BCUT2D eigenvalue weighted by molar-refractivity contribution is 6.06. The number of Topliss-reactive ketones (excluding diaryl/α,β-unsaturated/α-hetero) is 1. The molecule has 0 bridgehead atoms. The van der Waals surface area contributed by atoms with Crippen molar-refractivity contribution >= 4 is 5.78 Å². The van der Waals surface area contributed by atoms with Gasteiger partial charge in [-0.2, -0.15) is 0 Å². The molecule has 0 radical (unpaired) electrons. The van der Waals surface area contributed by atoms with E-state index >= 15 is 0 Å². The standard InChI is InChI=1S/C30H24O13/c31-12-7-17(36)21-20(8-12)42-28(10-1-3-13(32)15(34)5-10)26(40)24(21)22-18(37)9-19(38)23-25(39)27(41)29(43-30(22)23)11-2-4-14(33)16(35)6-11/h1-9,24,26-29,31-38,40-41H. The van der Waals surface area contributed by atoms with E-state index in [9.17, 15) is 55.9 Å². The monoisotopic (exact) mass is 592 g/mol. The van der Waals surface area contributed by atoms with Gasteiger partial charge in [-0.1, -0.05) is 12.1 Å². The van der Waals surface area contributed by atoms with E-state index < -0.39 is 93.4 Å². The Bertz CT molecular complexity index is 1800. The van der Waals surface area contributed by atoms with Gasteiger partial charge in [-0.05, 0) is 35.4 Å². The van der Waals surface area contributed by atoms with E-state index in [2.05, 4.69) is 0 Å². The molecule has 5 unspecified atom stereocenters. The van der Waals surface area contributed by atoms with Crippen molar-refractivity contribution in [3.05, 3.63) is 82.4 Å². The fourth-order valence-electron chi connectivity index (χ4n) is 5.61. The van der Waals surface area contributed by atoms with Gasteiger partial charge in [-0.3, -0.25) is 4.79 Å². The van der Waals surface area contributed by atoms with E-state index in [1.165, 1.54) is 12.1 Å². The summed E-state index contributed by atoms with van der Waals surface area (Å²) in [5, 5.41) is 105. The second-order valence-corrected chi connectivity index (χ2v) is 10.3. The number of carbonyl (C=O) groups is 1. The summed E-state index contributed by atoms with van der Waals surface area (Å²) in [7, 11) is 0. The quantitative estimate of drug-likeness (QED) is 0.154. The van der Waals surface area contributed by atoms with Crippen LogP contribution in [0.1, 0.15) is 50.7 Å². The number of aliphatic hydroxyl groups excluding tert-OH is 2. The van der Waals surface area contributed by atoms with E-state index in [0.717, 1.165) is 42.5 Å². The average molecular weight is 593 g/mol. The molecule has 0 amide bonds. The summed E-state index contributed by atoms with van der Waals surface area (Å²) in [4.78, 5) is 13.4. The minimum absolute atomic E-state index is 0.0359. The van der Waals surface area contributed by atoms with Crippen molar-refractivity contribution in [3.63, 3.8) is 0 Å². The van der Waals surface area contributed by atoms with Gasteiger partial charge < -0.3 is 60.5 Å². The molecule has 43 heavy (non-hydrogen) atoms. The summed E-state index contributed by atoms with van der Waals surface area (Å²) in [5.41, 5.74) is -0.829. The molecule has 0 aliphatic carbocycles. The summed E-state index contributed by atoms with van der Waals surface area (Å²) in [5.74, 6) is -7.65. The zero-order valence-electron chi connectivity index (χ0n) is 21.8. The number of phenols is 8. The van der Waals surface area contributed by atoms with Crippen molar-refractivity contribution < 1.29 is 65.3 Å². The third kappa shape index (κ3) is 4.29. The lowest BCUT2D eigenvalue weighted by Gasteiger charge is -2.40. The van der Waals surface area contributed by atoms with Crippen LogP contribution in [0, 0.1) is 0 Å². The number of benzene rings is 4. The number of ether oxygens (including phenoxy) is 2. The molecule has 5 atom stereocenters. The van der Waals surface area contributed by atoms with Crippen molar-refractivity contribution in [1.82, 2.24) is 0 Å². The molecule has 2 aliphatic rings. The van der Waals surface area contributed by atoms with Gasteiger partial charge in [0, 0.05) is 29.3 Å². The van der Waals surface area contributed by atoms with E-state index in [1.54, 1.807) is 0 Å². The molecule has 2 aliphatic heterocycles. The highest BCUT2D eigenvalue weighted by Crippen LogP contribution is 2.57. The number of phenolic OH excluding ortho intramolecular Hbond substituents is 8.